The Hall–Kier alpha value is -2.67. The van der Waals surface area contributed by atoms with Crippen LogP contribution in [-0.4, -0.2) is 14.5 Å². The van der Waals surface area contributed by atoms with Crippen molar-refractivity contribution >= 4 is 11.0 Å². The standard InChI is InChI=1S/C15H12N4/c1-19-14-7-11(9-16)4-5-13(14)18-15(19)8-12-3-2-6-17-10-12/h2-7,10H,8H2,1H3. The molecule has 0 saturated heterocycles. The van der Waals surface area contributed by atoms with Gasteiger partial charge < -0.3 is 4.57 Å². The van der Waals surface area contributed by atoms with Gasteiger partial charge in [-0.1, -0.05) is 6.07 Å². The van der Waals surface area contributed by atoms with E-state index >= 15 is 0 Å². The number of hydrogen-bond donors (Lipinski definition) is 0. The van der Waals surface area contributed by atoms with E-state index in [0.29, 0.717) is 5.56 Å². The Morgan fingerprint density at radius 3 is 2.95 bits per heavy atom. The second-order valence-corrected chi connectivity index (χ2v) is 4.44. The highest BCUT2D eigenvalue weighted by atomic mass is 15.1. The maximum absolute atomic E-state index is 8.94. The van der Waals surface area contributed by atoms with Crippen LogP contribution in [0.2, 0.25) is 0 Å². The molecule has 2 heterocycles. The fourth-order valence-electron chi connectivity index (χ4n) is 2.15. The molecular formula is C15H12N4. The van der Waals surface area contributed by atoms with Crippen LogP contribution >= 0.6 is 0 Å². The number of nitriles is 1. The molecule has 3 aromatic rings. The molecule has 4 heteroatoms. The molecule has 1 aromatic carbocycles. The van der Waals surface area contributed by atoms with Crippen LogP contribution in [0.15, 0.2) is 42.7 Å². The molecule has 2 aromatic heterocycles. The average molecular weight is 248 g/mol. The van der Waals surface area contributed by atoms with Gasteiger partial charge in [0.1, 0.15) is 5.82 Å². The van der Waals surface area contributed by atoms with Gasteiger partial charge in [0.25, 0.3) is 0 Å². The number of aromatic nitrogens is 3. The van der Waals surface area contributed by atoms with Gasteiger partial charge in [0.05, 0.1) is 22.7 Å². The number of nitrogens with zero attached hydrogens (tertiary/aromatic N) is 4. The van der Waals surface area contributed by atoms with Gasteiger partial charge in [-0.25, -0.2) is 4.98 Å². The number of benzene rings is 1. The molecule has 0 bridgehead atoms. The van der Waals surface area contributed by atoms with Crippen LogP contribution in [0, 0.1) is 11.3 Å². The van der Waals surface area contributed by atoms with Crippen molar-refractivity contribution in [2.45, 2.75) is 6.42 Å². The van der Waals surface area contributed by atoms with Gasteiger partial charge >= 0.3 is 0 Å². The first-order valence-corrected chi connectivity index (χ1v) is 6.02. The molecule has 0 N–H and O–H groups in total. The number of fused-ring (bicyclic) bond motifs is 1. The molecule has 3 rings (SSSR count). The zero-order valence-electron chi connectivity index (χ0n) is 10.5. The number of aryl methyl sites for hydroxylation is 1. The number of rotatable bonds is 2. The fraction of sp³-hybridized carbons (Fsp3) is 0.133. The largest absolute Gasteiger partial charge is 0.331 e. The number of pyridine rings is 1. The zero-order valence-corrected chi connectivity index (χ0v) is 10.5. The second kappa shape index (κ2) is 4.54. The van der Waals surface area contributed by atoms with Gasteiger partial charge in [0.15, 0.2) is 0 Å². The first-order chi connectivity index (χ1) is 9.28. The van der Waals surface area contributed by atoms with E-state index in [4.69, 9.17) is 5.26 Å². The minimum absolute atomic E-state index is 0.656. The van der Waals surface area contributed by atoms with Gasteiger partial charge in [0, 0.05) is 25.9 Å². The lowest BCUT2D eigenvalue weighted by molar-refractivity contribution is 0.842. The van der Waals surface area contributed by atoms with E-state index in [1.807, 2.05) is 42.1 Å². The molecule has 92 valence electrons. The summed E-state index contributed by atoms with van der Waals surface area (Å²) >= 11 is 0. The predicted octanol–water partition coefficient (Wildman–Crippen LogP) is 2.43. The van der Waals surface area contributed by atoms with E-state index in [1.54, 1.807) is 12.3 Å². The molecule has 0 aliphatic heterocycles. The van der Waals surface area contributed by atoms with E-state index in [9.17, 15) is 0 Å². The Kier molecular flexibility index (Phi) is 2.73. The topological polar surface area (TPSA) is 54.5 Å². The molecule has 0 atom stereocenters. The van der Waals surface area contributed by atoms with Crippen LogP contribution in [0.4, 0.5) is 0 Å². The first kappa shape index (κ1) is 11.4. The van der Waals surface area contributed by atoms with E-state index in [-0.39, 0.29) is 0 Å². The SMILES string of the molecule is Cn1c(Cc2cccnc2)nc2ccc(C#N)cc21. The Labute approximate surface area is 111 Å². The van der Waals surface area contributed by atoms with Crippen molar-refractivity contribution in [3.8, 4) is 6.07 Å². The van der Waals surface area contributed by atoms with Crippen molar-refractivity contribution < 1.29 is 0 Å². The lowest BCUT2D eigenvalue weighted by atomic mass is 10.2. The molecular weight excluding hydrogens is 236 g/mol. The number of imidazole rings is 1. The monoisotopic (exact) mass is 248 g/mol. The van der Waals surface area contributed by atoms with Crippen LogP contribution < -0.4 is 0 Å². The highest BCUT2D eigenvalue weighted by Gasteiger charge is 2.09. The molecule has 4 nitrogen and oxygen atoms in total. The smallest absolute Gasteiger partial charge is 0.114 e. The Morgan fingerprint density at radius 2 is 2.21 bits per heavy atom. The first-order valence-electron chi connectivity index (χ1n) is 6.02. The van der Waals surface area contributed by atoms with Crippen molar-refractivity contribution in [2.24, 2.45) is 7.05 Å². The van der Waals surface area contributed by atoms with Crippen LogP contribution in [0.3, 0.4) is 0 Å². The minimum atomic E-state index is 0.656. The van der Waals surface area contributed by atoms with Gasteiger partial charge in [0.2, 0.25) is 0 Å². The molecule has 0 unspecified atom stereocenters. The predicted molar refractivity (Wildman–Crippen MR) is 72.5 cm³/mol. The highest BCUT2D eigenvalue weighted by Crippen LogP contribution is 2.18. The average Bonchev–Trinajstić information content (AvgIpc) is 2.76. The summed E-state index contributed by atoms with van der Waals surface area (Å²) in [5.74, 6) is 0.970. The molecule has 19 heavy (non-hydrogen) atoms. The van der Waals surface area contributed by atoms with Crippen molar-refractivity contribution in [1.82, 2.24) is 14.5 Å². The van der Waals surface area contributed by atoms with Crippen LogP contribution in [0.5, 0.6) is 0 Å². The summed E-state index contributed by atoms with van der Waals surface area (Å²) < 4.78 is 2.03. The molecule has 0 spiro atoms. The lowest BCUT2D eigenvalue weighted by Crippen LogP contribution is -1.99. The van der Waals surface area contributed by atoms with Crippen molar-refractivity contribution in [2.75, 3.05) is 0 Å². The third kappa shape index (κ3) is 2.06. The van der Waals surface area contributed by atoms with Crippen LogP contribution in [-0.2, 0) is 13.5 Å². The minimum Gasteiger partial charge on any atom is -0.331 e. The molecule has 0 saturated carbocycles. The van der Waals surface area contributed by atoms with Gasteiger partial charge in [-0.3, -0.25) is 4.98 Å². The quantitative estimate of drug-likeness (QED) is 0.700. The van der Waals surface area contributed by atoms with E-state index < -0.39 is 0 Å². The fourth-order valence-corrected chi connectivity index (χ4v) is 2.15. The molecule has 0 aliphatic rings. The molecule has 0 radical (unpaired) electrons. The Balaban J connectivity index is 2.06. The maximum atomic E-state index is 8.94. The summed E-state index contributed by atoms with van der Waals surface area (Å²) in [5.41, 5.74) is 3.68. The van der Waals surface area contributed by atoms with E-state index in [2.05, 4.69) is 16.0 Å². The van der Waals surface area contributed by atoms with Crippen molar-refractivity contribution in [1.29, 1.82) is 5.26 Å². The summed E-state index contributed by atoms with van der Waals surface area (Å²) in [6.07, 6.45) is 4.35. The maximum Gasteiger partial charge on any atom is 0.114 e. The Bertz CT molecular complexity index is 766. The summed E-state index contributed by atoms with van der Waals surface area (Å²) in [6.45, 7) is 0. The summed E-state index contributed by atoms with van der Waals surface area (Å²) in [7, 11) is 1.97. The molecule has 0 fully saturated rings. The van der Waals surface area contributed by atoms with Crippen molar-refractivity contribution in [3.05, 3.63) is 59.7 Å². The Morgan fingerprint density at radius 1 is 1.32 bits per heavy atom. The third-order valence-corrected chi connectivity index (χ3v) is 3.19. The molecule has 0 aliphatic carbocycles. The number of hydrogen-bond acceptors (Lipinski definition) is 3. The van der Waals surface area contributed by atoms with Gasteiger partial charge in [-0.2, -0.15) is 5.26 Å². The highest BCUT2D eigenvalue weighted by molar-refractivity contribution is 5.77. The normalized spacial score (nSPS) is 10.5. The summed E-state index contributed by atoms with van der Waals surface area (Å²) in [6, 6.07) is 11.7. The second-order valence-electron chi connectivity index (χ2n) is 4.44. The zero-order chi connectivity index (χ0) is 13.2. The van der Waals surface area contributed by atoms with Gasteiger partial charge in [-0.15, -0.1) is 0 Å². The third-order valence-electron chi connectivity index (χ3n) is 3.19. The molecule has 0 amide bonds. The van der Waals surface area contributed by atoms with E-state index in [0.717, 1.165) is 28.8 Å². The lowest BCUT2D eigenvalue weighted by Gasteiger charge is -2.02. The van der Waals surface area contributed by atoms with Crippen LogP contribution in [0.1, 0.15) is 17.0 Å². The van der Waals surface area contributed by atoms with E-state index in [1.165, 1.54) is 0 Å². The van der Waals surface area contributed by atoms with Crippen LogP contribution in [0.25, 0.3) is 11.0 Å². The van der Waals surface area contributed by atoms with Gasteiger partial charge in [-0.05, 0) is 29.8 Å². The van der Waals surface area contributed by atoms with Crippen molar-refractivity contribution in [3.63, 3.8) is 0 Å². The summed E-state index contributed by atoms with van der Waals surface area (Å²) in [4.78, 5) is 8.72. The summed E-state index contributed by atoms with van der Waals surface area (Å²) in [5, 5.41) is 8.94.